The fraction of sp³-hybridized carbons (Fsp3) is 0.556. The molecule has 0 saturated heterocycles. The minimum atomic E-state index is -0.800. The molecule has 0 spiro atoms. The Labute approximate surface area is 152 Å². The summed E-state index contributed by atoms with van der Waals surface area (Å²) in [6.45, 7) is 1.48. The molecule has 3 amide bonds. The number of carbonyl (C=O) groups is 2. The first-order valence-corrected chi connectivity index (χ1v) is 8.85. The van der Waals surface area contributed by atoms with Crippen LogP contribution in [0.3, 0.4) is 0 Å². The maximum absolute atomic E-state index is 13.6. The molecule has 26 heavy (non-hydrogen) atoms. The Kier molecular flexibility index (Phi) is 7.80. The SMILES string of the molecule is CC(=O)Nc1cc(NC(=O)NC[C@@H](O)COC2CCCCC2)ccc1F. The summed E-state index contributed by atoms with van der Waals surface area (Å²) in [5.74, 6) is -1.01. The number of carbonyl (C=O) groups excluding carboxylic acids is 2. The summed E-state index contributed by atoms with van der Waals surface area (Å²) in [4.78, 5) is 22.9. The molecule has 144 valence electrons. The highest BCUT2D eigenvalue weighted by Crippen LogP contribution is 2.21. The van der Waals surface area contributed by atoms with Gasteiger partial charge in [-0.1, -0.05) is 19.3 Å². The number of amides is 3. The third-order valence-corrected chi connectivity index (χ3v) is 4.11. The molecule has 0 bridgehead atoms. The number of urea groups is 1. The number of hydrogen-bond donors (Lipinski definition) is 4. The highest BCUT2D eigenvalue weighted by Gasteiger charge is 2.16. The fourth-order valence-corrected chi connectivity index (χ4v) is 2.81. The van der Waals surface area contributed by atoms with Crippen molar-refractivity contribution in [3.05, 3.63) is 24.0 Å². The molecular formula is C18H26FN3O4. The van der Waals surface area contributed by atoms with E-state index in [4.69, 9.17) is 4.74 Å². The Morgan fingerprint density at radius 2 is 2.00 bits per heavy atom. The number of halogens is 1. The van der Waals surface area contributed by atoms with Crippen LogP contribution in [0.2, 0.25) is 0 Å². The topological polar surface area (TPSA) is 99.7 Å². The molecule has 1 aliphatic carbocycles. The quantitative estimate of drug-likeness (QED) is 0.595. The van der Waals surface area contributed by atoms with Gasteiger partial charge in [0.05, 0.1) is 24.5 Å². The van der Waals surface area contributed by atoms with Gasteiger partial charge in [-0.05, 0) is 31.0 Å². The summed E-state index contributed by atoms with van der Waals surface area (Å²) >= 11 is 0. The number of aliphatic hydroxyl groups excluding tert-OH is 1. The van der Waals surface area contributed by atoms with Crippen LogP contribution in [-0.2, 0) is 9.53 Å². The third-order valence-electron chi connectivity index (χ3n) is 4.11. The number of hydrogen-bond acceptors (Lipinski definition) is 4. The maximum atomic E-state index is 13.6. The molecule has 0 unspecified atom stereocenters. The van der Waals surface area contributed by atoms with Crippen LogP contribution in [0.5, 0.6) is 0 Å². The lowest BCUT2D eigenvalue weighted by atomic mass is 9.98. The lowest BCUT2D eigenvalue weighted by Crippen LogP contribution is -2.38. The van der Waals surface area contributed by atoms with E-state index in [1.54, 1.807) is 0 Å². The second kappa shape index (κ2) is 10.1. The summed E-state index contributed by atoms with van der Waals surface area (Å²) in [6, 6.07) is 3.30. The van der Waals surface area contributed by atoms with Crippen molar-refractivity contribution >= 4 is 23.3 Å². The fourth-order valence-electron chi connectivity index (χ4n) is 2.81. The lowest BCUT2D eigenvalue weighted by molar-refractivity contribution is -0.114. The van der Waals surface area contributed by atoms with Crippen LogP contribution in [0.4, 0.5) is 20.6 Å². The zero-order valence-electron chi connectivity index (χ0n) is 14.9. The Hall–Kier alpha value is -2.19. The second-order valence-electron chi connectivity index (χ2n) is 6.46. The number of ether oxygens (including phenoxy) is 1. The van der Waals surface area contributed by atoms with E-state index in [9.17, 15) is 19.1 Å². The highest BCUT2D eigenvalue weighted by molar-refractivity contribution is 5.92. The van der Waals surface area contributed by atoms with Crippen LogP contribution in [0.25, 0.3) is 0 Å². The van der Waals surface area contributed by atoms with Gasteiger partial charge in [0, 0.05) is 19.2 Å². The minimum absolute atomic E-state index is 0.0174. The highest BCUT2D eigenvalue weighted by atomic mass is 19.1. The average Bonchev–Trinajstić information content (AvgIpc) is 2.61. The zero-order chi connectivity index (χ0) is 18.9. The molecule has 0 aromatic heterocycles. The number of nitrogens with one attached hydrogen (secondary N) is 3. The van der Waals surface area contributed by atoms with E-state index in [1.165, 1.54) is 25.5 Å². The van der Waals surface area contributed by atoms with E-state index in [1.807, 2.05) is 0 Å². The van der Waals surface area contributed by atoms with E-state index >= 15 is 0 Å². The predicted molar refractivity (Wildman–Crippen MR) is 96.6 cm³/mol. The van der Waals surface area contributed by atoms with Crippen molar-refractivity contribution in [3.8, 4) is 0 Å². The summed E-state index contributed by atoms with van der Waals surface area (Å²) < 4.78 is 19.2. The van der Waals surface area contributed by atoms with Gasteiger partial charge in [0.15, 0.2) is 0 Å². The first-order valence-electron chi connectivity index (χ1n) is 8.85. The van der Waals surface area contributed by atoms with Crippen molar-refractivity contribution in [3.63, 3.8) is 0 Å². The van der Waals surface area contributed by atoms with Gasteiger partial charge < -0.3 is 25.8 Å². The monoisotopic (exact) mass is 367 g/mol. The summed E-state index contributed by atoms with van der Waals surface area (Å²) in [5.41, 5.74) is 0.303. The first-order chi connectivity index (χ1) is 12.4. The third kappa shape index (κ3) is 6.97. The molecule has 0 heterocycles. The lowest BCUT2D eigenvalue weighted by Gasteiger charge is -2.23. The van der Waals surface area contributed by atoms with E-state index in [-0.39, 0.29) is 24.9 Å². The van der Waals surface area contributed by atoms with E-state index < -0.39 is 23.9 Å². The predicted octanol–water partition coefficient (Wildman–Crippen LogP) is 2.62. The first kappa shape index (κ1) is 20.1. The molecular weight excluding hydrogens is 341 g/mol. The van der Waals surface area contributed by atoms with Crippen molar-refractivity contribution in [2.75, 3.05) is 23.8 Å². The maximum Gasteiger partial charge on any atom is 0.319 e. The van der Waals surface area contributed by atoms with Crippen LogP contribution in [0.1, 0.15) is 39.0 Å². The molecule has 1 fully saturated rings. The van der Waals surface area contributed by atoms with Crippen molar-refractivity contribution in [1.82, 2.24) is 5.32 Å². The molecule has 1 aromatic rings. The molecule has 1 saturated carbocycles. The van der Waals surface area contributed by atoms with Crippen molar-refractivity contribution in [2.45, 2.75) is 51.2 Å². The van der Waals surface area contributed by atoms with Crippen LogP contribution >= 0.6 is 0 Å². The van der Waals surface area contributed by atoms with Crippen molar-refractivity contribution in [2.24, 2.45) is 0 Å². The second-order valence-corrected chi connectivity index (χ2v) is 6.46. The van der Waals surface area contributed by atoms with Crippen LogP contribution in [-0.4, -0.2) is 42.4 Å². The van der Waals surface area contributed by atoms with Crippen molar-refractivity contribution < 1.29 is 23.8 Å². The van der Waals surface area contributed by atoms with Crippen LogP contribution in [0.15, 0.2) is 18.2 Å². The largest absolute Gasteiger partial charge is 0.389 e. The van der Waals surface area contributed by atoms with Gasteiger partial charge in [0.25, 0.3) is 0 Å². The Balaban J connectivity index is 1.73. The molecule has 8 heteroatoms. The minimum Gasteiger partial charge on any atom is -0.389 e. The summed E-state index contributed by atoms with van der Waals surface area (Å²) in [6.07, 6.45) is 4.96. The molecule has 4 N–H and O–H groups in total. The van der Waals surface area contributed by atoms with E-state index in [2.05, 4.69) is 16.0 Å². The Bertz CT molecular complexity index is 620. The van der Waals surface area contributed by atoms with Crippen LogP contribution in [0, 0.1) is 5.82 Å². The number of aliphatic hydroxyl groups is 1. The smallest absolute Gasteiger partial charge is 0.319 e. The molecule has 1 aromatic carbocycles. The number of rotatable bonds is 7. The molecule has 7 nitrogen and oxygen atoms in total. The van der Waals surface area contributed by atoms with Crippen molar-refractivity contribution in [1.29, 1.82) is 0 Å². The number of benzene rings is 1. The molecule has 1 atom stereocenters. The average molecular weight is 367 g/mol. The molecule has 1 aliphatic rings. The van der Waals surface area contributed by atoms with Gasteiger partial charge in [-0.3, -0.25) is 4.79 Å². The van der Waals surface area contributed by atoms with Gasteiger partial charge in [0.2, 0.25) is 5.91 Å². The molecule has 0 radical (unpaired) electrons. The van der Waals surface area contributed by atoms with Gasteiger partial charge >= 0.3 is 6.03 Å². The van der Waals surface area contributed by atoms with Gasteiger partial charge in [-0.2, -0.15) is 0 Å². The zero-order valence-corrected chi connectivity index (χ0v) is 14.9. The molecule has 0 aliphatic heterocycles. The normalized spacial score (nSPS) is 16.0. The number of anilines is 2. The van der Waals surface area contributed by atoms with E-state index in [0.29, 0.717) is 5.69 Å². The summed E-state index contributed by atoms with van der Waals surface area (Å²) in [5, 5.41) is 17.3. The van der Waals surface area contributed by atoms with Gasteiger partial charge in [-0.25, -0.2) is 9.18 Å². The van der Waals surface area contributed by atoms with Crippen LogP contribution < -0.4 is 16.0 Å². The standard InChI is InChI=1S/C18H26FN3O4/c1-12(23)21-17-9-13(7-8-16(17)19)22-18(25)20-10-14(24)11-26-15-5-3-2-4-6-15/h7-9,14-15,24H,2-6,10-11H2,1H3,(H,21,23)(H2,20,22,25)/t14-/m1/s1. The van der Waals surface area contributed by atoms with Gasteiger partial charge in [-0.15, -0.1) is 0 Å². The van der Waals surface area contributed by atoms with E-state index in [0.717, 1.165) is 31.7 Å². The van der Waals surface area contributed by atoms with Gasteiger partial charge in [0.1, 0.15) is 5.82 Å². The summed E-state index contributed by atoms with van der Waals surface area (Å²) in [7, 11) is 0. The Morgan fingerprint density at radius 3 is 2.69 bits per heavy atom. The Morgan fingerprint density at radius 1 is 1.27 bits per heavy atom. The molecule has 2 rings (SSSR count).